The molecule has 0 aliphatic carbocycles. The third kappa shape index (κ3) is 2.75. The summed E-state index contributed by atoms with van der Waals surface area (Å²) in [5.41, 5.74) is 9.94. The van der Waals surface area contributed by atoms with Crippen LogP contribution in [0.3, 0.4) is 0 Å². The molecule has 4 N–H and O–H groups in total. The number of para-hydroxylation sites is 4. The Bertz CT molecular complexity index is 871. The van der Waals surface area contributed by atoms with Gasteiger partial charge < -0.3 is 11.5 Å². The molecule has 2 heterocycles. The van der Waals surface area contributed by atoms with Crippen LogP contribution in [0.5, 0.6) is 0 Å². The standard InChI is InChI=1S/C17H12N4O4.2C2H6/c18-9-5-1-3-7-11(9)20-13(22)17(14(20)23)15(24)21(16(17)25)12-8-4-2-6-10(12)19;2*1-2/h1-8H,18-19H2;2*1-2H3. The van der Waals surface area contributed by atoms with E-state index < -0.39 is 29.0 Å². The summed E-state index contributed by atoms with van der Waals surface area (Å²) in [7, 11) is 0. The molecule has 2 aliphatic heterocycles. The largest absolute Gasteiger partial charge is 0.397 e. The Morgan fingerprint density at radius 2 is 0.862 bits per heavy atom. The van der Waals surface area contributed by atoms with Gasteiger partial charge in [-0.05, 0) is 24.3 Å². The third-order valence-corrected chi connectivity index (χ3v) is 4.45. The number of carbonyl (C=O) groups is 4. The maximum absolute atomic E-state index is 12.6. The van der Waals surface area contributed by atoms with Crippen molar-refractivity contribution in [3.8, 4) is 0 Å². The van der Waals surface area contributed by atoms with Gasteiger partial charge in [-0.1, -0.05) is 52.0 Å². The molecule has 2 aliphatic rings. The van der Waals surface area contributed by atoms with Gasteiger partial charge in [0, 0.05) is 0 Å². The maximum Gasteiger partial charge on any atom is 0.286 e. The maximum atomic E-state index is 12.6. The molecular formula is C21H24N4O4. The van der Waals surface area contributed by atoms with Crippen LogP contribution in [0.2, 0.25) is 0 Å². The Balaban J connectivity index is 0.000000707. The Labute approximate surface area is 169 Å². The molecule has 4 rings (SSSR count). The molecule has 0 unspecified atom stereocenters. The van der Waals surface area contributed by atoms with Crippen molar-refractivity contribution < 1.29 is 19.2 Å². The summed E-state index contributed by atoms with van der Waals surface area (Å²) in [6, 6.07) is 12.4. The average molecular weight is 396 g/mol. The number of hydrogen-bond acceptors (Lipinski definition) is 6. The number of imide groups is 2. The minimum atomic E-state index is -2.30. The Kier molecular flexibility index (Phi) is 6.06. The van der Waals surface area contributed by atoms with Gasteiger partial charge in [0.05, 0.1) is 22.7 Å². The second-order valence-electron chi connectivity index (χ2n) is 5.76. The van der Waals surface area contributed by atoms with Crippen molar-refractivity contribution in [2.75, 3.05) is 21.3 Å². The van der Waals surface area contributed by atoms with Crippen LogP contribution in [-0.2, 0) is 19.2 Å². The van der Waals surface area contributed by atoms with E-state index in [1.54, 1.807) is 24.3 Å². The summed E-state index contributed by atoms with van der Waals surface area (Å²) >= 11 is 0. The number of β-lactam (4-membered cyclic amide) rings is 4. The van der Waals surface area contributed by atoms with Gasteiger partial charge in [-0.25, -0.2) is 9.80 Å². The van der Waals surface area contributed by atoms with Crippen molar-refractivity contribution in [1.82, 2.24) is 0 Å². The van der Waals surface area contributed by atoms with Crippen molar-refractivity contribution in [2.45, 2.75) is 27.7 Å². The van der Waals surface area contributed by atoms with E-state index in [0.717, 1.165) is 9.80 Å². The van der Waals surface area contributed by atoms with Gasteiger partial charge in [0.2, 0.25) is 0 Å². The zero-order chi connectivity index (χ0) is 21.9. The van der Waals surface area contributed by atoms with Gasteiger partial charge in [0.25, 0.3) is 29.0 Å². The number of nitrogens with zero attached hydrogens (tertiary/aromatic N) is 2. The van der Waals surface area contributed by atoms with E-state index in [4.69, 9.17) is 11.5 Å². The topological polar surface area (TPSA) is 127 Å². The first-order valence-electron chi connectivity index (χ1n) is 9.39. The molecule has 29 heavy (non-hydrogen) atoms. The summed E-state index contributed by atoms with van der Waals surface area (Å²) in [6.07, 6.45) is 0. The molecule has 2 aromatic carbocycles. The number of hydrogen-bond donors (Lipinski definition) is 2. The van der Waals surface area contributed by atoms with Gasteiger partial charge in [0.15, 0.2) is 0 Å². The summed E-state index contributed by atoms with van der Waals surface area (Å²) in [5, 5.41) is 0. The number of nitrogen functional groups attached to an aromatic ring is 2. The van der Waals surface area contributed by atoms with E-state index >= 15 is 0 Å². The van der Waals surface area contributed by atoms with E-state index in [0.29, 0.717) is 0 Å². The molecule has 4 amide bonds. The Hall–Kier alpha value is -3.68. The Morgan fingerprint density at radius 3 is 1.14 bits per heavy atom. The highest BCUT2D eigenvalue weighted by Crippen LogP contribution is 2.49. The SMILES string of the molecule is CC.CC.Nc1ccccc1N1C(=O)C2(C1=O)C(=O)N(c1ccccc1N)C2=O. The summed E-state index contributed by atoms with van der Waals surface area (Å²) in [6.45, 7) is 8.00. The quantitative estimate of drug-likeness (QED) is 0.456. The molecule has 0 saturated carbocycles. The van der Waals surface area contributed by atoms with Crippen molar-refractivity contribution in [3.63, 3.8) is 0 Å². The third-order valence-electron chi connectivity index (χ3n) is 4.45. The fourth-order valence-corrected chi connectivity index (χ4v) is 3.12. The molecule has 0 bridgehead atoms. The van der Waals surface area contributed by atoms with Crippen LogP contribution in [-0.4, -0.2) is 23.6 Å². The molecule has 2 fully saturated rings. The smallest absolute Gasteiger partial charge is 0.286 e. The van der Waals surface area contributed by atoms with Crippen LogP contribution in [0.4, 0.5) is 22.7 Å². The van der Waals surface area contributed by atoms with E-state index in [1.165, 1.54) is 24.3 Å². The monoisotopic (exact) mass is 396 g/mol. The van der Waals surface area contributed by atoms with E-state index in [1.807, 2.05) is 27.7 Å². The van der Waals surface area contributed by atoms with Crippen LogP contribution in [0.25, 0.3) is 0 Å². The summed E-state index contributed by atoms with van der Waals surface area (Å²) < 4.78 is 0. The van der Waals surface area contributed by atoms with Gasteiger partial charge in [0.1, 0.15) is 0 Å². The lowest BCUT2D eigenvalue weighted by Crippen LogP contribution is -2.85. The van der Waals surface area contributed by atoms with E-state index in [2.05, 4.69) is 0 Å². The number of carbonyl (C=O) groups excluding carboxylic acids is 4. The first-order valence-corrected chi connectivity index (χ1v) is 9.39. The number of rotatable bonds is 2. The minimum Gasteiger partial charge on any atom is -0.397 e. The number of nitrogens with two attached hydrogens (primary N) is 2. The van der Waals surface area contributed by atoms with Crippen molar-refractivity contribution in [1.29, 1.82) is 0 Å². The molecular weight excluding hydrogens is 372 g/mol. The lowest BCUT2D eigenvalue weighted by Gasteiger charge is -2.52. The van der Waals surface area contributed by atoms with Crippen molar-refractivity contribution in [3.05, 3.63) is 48.5 Å². The highest BCUT2D eigenvalue weighted by Gasteiger charge is 2.81. The van der Waals surface area contributed by atoms with Crippen LogP contribution in [0.15, 0.2) is 48.5 Å². The molecule has 152 valence electrons. The van der Waals surface area contributed by atoms with Gasteiger partial charge in [-0.3, -0.25) is 19.2 Å². The molecule has 2 saturated heterocycles. The first-order chi connectivity index (χ1) is 13.9. The molecule has 0 radical (unpaired) electrons. The van der Waals surface area contributed by atoms with Crippen LogP contribution < -0.4 is 21.3 Å². The Morgan fingerprint density at radius 1 is 0.586 bits per heavy atom. The summed E-state index contributed by atoms with van der Waals surface area (Å²) in [5.74, 6) is -3.57. The zero-order valence-electron chi connectivity index (χ0n) is 16.8. The molecule has 1 spiro atoms. The van der Waals surface area contributed by atoms with Crippen LogP contribution in [0, 0.1) is 5.41 Å². The predicted molar refractivity (Wildman–Crippen MR) is 112 cm³/mol. The normalized spacial score (nSPS) is 16.3. The van der Waals surface area contributed by atoms with Gasteiger partial charge >= 0.3 is 0 Å². The molecule has 0 aromatic heterocycles. The molecule has 0 atom stereocenters. The van der Waals surface area contributed by atoms with Crippen molar-refractivity contribution >= 4 is 46.4 Å². The molecule has 2 aromatic rings. The molecule has 8 heteroatoms. The second kappa shape index (κ2) is 8.14. The second-order valence-corrected chi connectivity index (χ2v) is 5.76. The lowest BCUT2D eigenvalue weighted by atomic mass is 9.68. The lowest BCUT2D eigenvalue weighted by molar-refractivity contribution is -0.169. The van der Waals surface area contributed by atoms with Crippen LogP contribution in [0.1, 0.15) is 27.7 Å². The van der Waals surface area contributed by atoms with Crippen molar-refractivity contribution in [2.24, 2.45) is 5.41 Å². The van der Waals surface area contributed by atoms with Gasteiger partial charge in [-0.2, -0.15) is 0 Å². The van der Waals surface area contributed by atoms with E-state index in [9.17, 15) is 19.2 Å². The van der Waals surface area contributed by atoms with Crippen LogP contribution >= 0.6 is 0 Å². The summed E-state index contributed by atoms with van der Waals surface area (Å²) in [4.78, 5) is 51.8. The number of amides is 4. The number of benzene rings is 2. The zero-order valence-corrected chi connectivity index (χ0v) is 16.8. The highest BCUT2D eigenvalue weighted by atomic mass is 16.2. The minimum absolute atomic E-state index is 0.154. The first kappa shape index (κ1) is 21.6. The average Bonchev–Trinajstić information content (AvgIpc) is 2.74. The highest BCUT2D eigenvalue weighted by molar-refractivity contribution is 6.64. The molecule has 8 nitrogen and oxygen atoms in total. The fourth-order valence-electron chi connectivity index (χ4n) is 3.12. The number of anilines is 4. The fraction of sp³-hybridized carbons (Fsp3) is 0.238. The predicted octanol–water partition coefficient (Wildman–Crippen LogP) is 2.34. The van der Waals surface area contributed by atoms with Gasteiger partial charge in [-0.15, -0.1) is 0 Å². The van der Waals surface area contributed by atoms with E-state index in [-0.39, 0.29) is 22.7 Å².